The van der Waals surface area contributed by atoms with Crippen molar-refractivity contribution in [1.82, 2.24) is 0 Å². The van der Waals surface area contributed by atoms with Crippen molar-refractivity contribution in [2.45, 2.75) is 75.5 Å². The van der Waals surface area contributed by atoms with Crippen LogP contribution in [0.3, 0.4) is 0 Å². The normalized spacial score (nSPS) is 46.4. The third-order valence-corrected chi connectivity index (χ3v) is 5.78. The van der Waals surface area contributed by atoms with Gasteiger partial charge in [-0.3, -0.25) is 0 Å². The van der Waals surface area contributed by atoms with Gasteiger partial charge in [0.15, 0.2) is 5.79 Å². The van der Waals surface area contributed by atoms with E-state index in [0.717, 1.165) is 32.5 Å². The van der Waals surface area contributed by atoms with Crippen molar-refractivity contribution in [2.75, 3.05) is 19.8 Å². The van der Waals surface area contributed by atoms with Crippen molar-refractivity contribution in [3.05, 3.63) is 0 Å². The molecule has 0 amide bonds. The van der Waals surface area contributed by atoms with Crippen LogP contribution in [0.25, 0.3) is 0 Å². The fraction of sp³-hybridized carbons (Fsp3) is 1.00. The van der Waals surface area contributed by atoms with E-state index >= 15 is 0 Å². The summed E-state index contributed by atoms with van der Waals surface area (Å²) >= 11 is 0. The molecule has 1 spiro atoms. The Balaban J connectivity index is 1.48. The number of hydrogen-bond donors (Lipinski definition) is 0. The van der Waals surface area contributed by atoms with Gasteiger partial charge in [0.05, 0.1) is 13.2 Å². The fourth-order valence-electron chi connectivity index (χ4n) is 4.64. The van der Waals surface area contributed by atoms with Gasteiger partial charge in [0.25, 0.3) is 0 Å². The summed E-state index contributed by atoms with van der Waals surface area (Å²) in [4.78, 5) is 0. The molecule has 2 aliphatic carbocycles. The molecule has 2 saturated carbocycles. The average molecular weight is 282 g/mol. The van der Waals surface area contributed by atoms with Gasteiger partial charge in [-0.1, -0.05) is 6.42 Å². The lowest BCUT2D eigenvalue weighted by Crippen LogP contribution is -2.58. The topological polar surface area (TPSA) is 36.9 Å². The Labute approximate surface area is 121 Å². The van der Waals surface area contributed by atoms with Crippen LogP contribution in [0.15, 0.2) is 0 Å². The third-order valence-electron chi connectivity index (χ3n) is 5.78. The Morgan fingerprint density at radius 3 is 2.65 bits per heavy atom. The van der Waals surface area contributed by atoms with E-state index in [4.69, 9.17) is 18.9 Å². The summed E-state index contributed by atoms with van der Waals surface area (Å²) in [5.74, 6) is 0.264. The molecule has 4 nitrogen and oxygen atoms in total. The highest BCUT2D eigenvalue weighted by atomic mass is 16.8. The molecule has 4 heteroatoms. The first kappa shape index (κ1) is 13.5. The highest BCUT2D eigenvalue weighted by Gasteiger charge is 2.62. The summed E-state index contributed by atoms with van der Waals surface area (Å²) in [5.41, 5.74) is -0.0804. The molecule has 1 unspecified atom stereocenters. The monoisotopic (exact) mass is 282 g/mol. The number of hydrogen-bond acceptors (Lipinski definition) is 4. The minimum Gasteiger partial charge on any atom is -0.372 e. The Morgan fingerprint density at radius 1 is 1.10 bits per heavy atom. The van der Waals surface area contributed by atoms with Crippen LogP contribution < -0.4 is 0 Å². The molecule has 2 saturated heterocycles. The van der Waals surface area contributed by atoms with Crippen LogP contribution >= 0.6 is 0 Å². The van der Waals surface area contributed by atoms with E-state index in [-0.39, 0.29) is 23.6 Å². The van der Waals surface area contributed by atoms with Crippen LogP contribution in [0, 0.1) is 5.92 Å². The van der Waals surface area contributed by atoms with Crippen LogP contribution in [0.4, 0.5) is 0 Å². The molecule has 0 N–H and O–H groups in total. The standard InChI is InChI=1S/C16H26O4/c1-2-18-16-9-6-12(16)10-17-14(16)13-11-19-15(20-13)7-4-3-5-8-15/h12-14H,2-11H2,1H3/t12-,13?,14-,16+/m1/s1. The lowest BCUT2D eigenvalue weighted by atomic mass is 9.67. The zero-order valence-electron chi connectivity index (χ0n) is 12.4. The van der Waals surface area contributed by atoms with E-state index in [1.54, 1.807) is 0 Å². The molecule has 0 bridgehead atoms. The molecule has 4 atom stereocenters. The van der Waals surface area contributed by atoms with Crippen molar-refractivity contribution in [3.8, 4) is 0 Å². The summed E-state index contributed by atoms with van der Waals surface area (Å²) in [6.45, 7) is 4.34. The van der Waals surface area contributed by atoms with Crippen LogP contribution in [-0.2, 0) is 18.9 Å². The first-order valence-corrected chi connectivity index (χ1v) is 8.35. The van der Waals surface area contributed by atoms with Gasteiger partial charge < -0.3 is 18.9 Å². The SMILES string of the molecule is CCO[C@@]12CC[C@@H]1CO[C@@H]2C1COC2(CCCCC2)O1. The van der Waals surface area contributed by atoms with E-state index in [9.17, 15) is 0 Å². The van der Waals surface area contributed by atoms with Crippen molar-refractivity contribution in [2.24, 2.45) is 5.92 Å². The summed E-state index contributed by atoms with van der Waals surface area (Å²) in [6.07, 6.45) is 8.31. The maximum atomic E-state index is 6.37. The minimum atomic E-state index is -0.304. The molecule has 2 aliphatic heterocycles. The highest BCUT2D eigenvalue weighted by molar-refractivity contribution is 5.11. The van der Waals surface area contributed by atoms with E-state index in [1.165, 1.54) is 25.7 Å². The Bertz CT molecular complexity index is 365. The van der Waals surface area contributed by atoms with Crippen LogP contribution in [0.1, 0.15) is 51.9 Å². The largest absolute Gasteiger partial charge is 0.372 e. The highest BCUT2D eigenvalue weighted by Crippen LogP contribution is 2.53. The van der Waals surface area contributed by atoms with Gasteiger partial charge in [0, 0.05) is 25.4 Å². The van der Waals surface area contributed by atoms with Crippen molar-refractivity contribution >= 4 is 0 Å². The smallest absolute Gasteiger partial charge is 0.169 e. The Kier molecular flexibility index (Phi) is 3.33. The molecular formula is C16H26O4. The summed E-state index contributed by atoms with van der Waals surface area (Å²) in [7, 11) is 0. The molecule has 0 aromatic heterocycles. The first-order chi connectivity index (χ1) is 9.78. The molecule has 0 radical (unpaired) electrons. The molecule has 4 fully saturated rings. The predicted octanol–water partition coefficient (Wildman–Crippen LogP) is 2.65. The van der Waals surface area contributed by atoms with Crippen LogP contribution in [0.5, 0.6) is 0 Å². The number of fused-ring (bicyclic) bond motifs is 1. The van der Waals surface area contributed by atoms with Gasteiger partial charge in [0.1, 0.15) is 17.8 Å². The van der Waals surface area contributed by atoms with Gasteiger partial charge in [0.2, 0.25) is 0 Å². The summed E-state index contributed by atoms with van der Waals surface area (Å²) < 4.78 is 24.7. The van der Waals surface area contributed by atoms with Crippen molar-refractivity contribution in [3.63, 3.8) is 0 Å². The van der Waals surface area contributed by atoms with Crippen molar-refractivity contribution < 1.29 is 18.9 Å². The first-order valence-electron chi connectivity index (χ1n) is 8.35. The van der Waals surface area contributed by atoms with E-state index in [0.29, 0.717) is 12.5 Å². The quantitative estimate of drug-likeness (QED) is 0.797. The minimum absolute atomic E-state index is 0.0601. The molecule has 0 aromatic rings. The Hall–Kier alpha value is -0.160. The zero-order chi connectivity index (χ0) is 13.6. The van der Waals surface area contributed by atoms with Gasteiger partial charge in [-0.05, 0) is 32.6 Å². The molecule has 0 aromatic carbocycles. The molecule has 2 heterocycles. The van der Waals surface area contributed by atoms with Gasteiger partial charge >= 0.3 is 0 Å². The second-order valence-corrected chi connectivity index (χ2v) is 6.82. The molecular weight excluding hydrogens is 256 g/mol. The van der Waals surface area contributed by atoms with Gasteiger partial charge in [-0.15, -0.1) is 0 Å². The van der Waals surface area contributed by atoms with Crippen molar-refractivity contribution in [1.29, 1.82) is 0 Å². The lowest BCUT2D eigenvalue weighted by molar-refractivity contribution is -0.218. The molecule has 20 heavy (non-hydrogen) atoms. The maximum absolute atomic E-state index is 6.37. The summed E-state index contributed by atoms with van der Waals surface area (Å²) in [6, 6.07) is 0. The number of rotatable bonds is 3. The predicted molar refractivity (Wildman–Crippen MR) is 73.5 cm³/mol. The van der Waals surface area contributed by atoms with Crippen LogP contribution in [-0.4, -0.2) is 43.4 Å². The van der Waals surface area contributed by atoms with Crippen LogP contribution in [0.2, 0.25) is 0 Å². The molecule has 114 valence electrons. The molecule has 4 aliphatic rings. The Morgan fingerprint density at radius 2 is 1.95 bits per heavy atom. The van der Waals surface area contributed by atoms with E-state index in [1.807, 2.05) is 0 Å². The van der Waals surface area contributed by atoms with Gasteiger partial charge in [-0.25, -0.2) is 0 Å². The van der Waals surface area contributed by atoms with Gasteiger partial charge in [-0.2, -0.15) is 0 Å². The van der Waals surface area contributed by atoms with E-state index < -0.39 is 0 Å². The number of ether oxygens (including phenoxy) is 4. The molecule has 4 rings (SSSR count). The second kappa shape index (κ2) is 4.94. The summed E-state index contributed by atoms with van der Waals surface area (Å²) in [5, 5.41) is 0. The lowest BCUT2D eigenvalue weighted by Gasteiger charge is -2.47. The average Bonchev–Trinajstić information content (AvgIpc) is 2.94. The van der Waals surface area contributed by atoms with E-state index in [2.05, 4.69) is 6.92 Å². The third kappa shape index (κ3) is 1.88. The second-order valence-electron chi connectivity index (χ2n) is 6.82. The zero-order valence-corrected chi connectivity index (χ0v) is 12.4. The maximum Gasteiger partial charge on any atom is 0.169 e. The fourth-order valence-corrected chi connectivity index (χ4v) is 4.64.